The third kappa shape index (κ3) is 2.71. The van der Waals surface area contributed by atoms with Gasteiger partial charge in [-0.15, -0.1) is 0 Å². The first-order valence-electron chi connectivity index (χ1n) is 10.1. The minimum absolute atomic E-state index is 0.155. The van der Waals surface area contributed by atoms with Crippen molar-refractivity contribution < 1.29 is 9.47 Å². The van der Waals surface area contributed by atoms with Crippen molar-refractivity contribution in [3.63, 3.8) is 0 Å². The Balaban J connectivity index is 1.62. The zero-order valence-electron chi connectivity index (χ0n) is 15.8. The summed E-state index contributed by atoms with van der Waals surface area (Å²) in [6.45, 7) is 2.67. The molecule has 0 amide bonds. The summed E-state index contributed by atoms with van der Waals surface area (Å²) >= 11 is 0. The zero-order chi connectivity index (χ0) is 18.3. The Bertz CT molecular complexity index is 856. The van der Waals surface area contributed by atoms with Crippen molar-refractivity contribution in [3.05, 3.63) is 65.7 Å². The molecule has 2 aromatic rings. The Morgan fingerprint density at radius 3 is 2.67 bits per heavy atom. The van der Waals surface area contributed by atoms with Crippen LogP contribution in [-0.4, -0.2) is 17.3 Å². The van der Waals surface area contributed by atoms with E-state index in [-0.39, 0.29) is 11.8 Å². The highest BCUT2D eigenvalue weighted by Gasteiger charge is 2.51. The van der Waals surface area contributed by atoms with Crippen molar-refractivity contribution in [1.82, 2.24) is 10.4 Å². The second-order valence-corrected chi connectivity index (χ2v) is 7.59. The second-order valence-electron chi connectivity index (χ2n) is 7.59. The summed E-state index contributed by atoms with van der Waals surface area (Å²) < 4.78 is 12.7. The fourth-order valence-corrected chi connectivity index (χ4v) is 4.66. The van der Waals surface area contributed by atoms with Crippen molar-refractivity contribution in [2.24, 2.45) is 0 Å². The summed E-state index contributed by atoms with van der Waals surface area (Å²) in [6.07, 6.45) is 8.07. The van der Waals surface area contributed by atoms with Crippen LogP contribution in [0.15, 0.2) is 54.6 Å². The lowest BCUT2D eigenvalue weighted by molar-refractivity contribution is -0.151. The highest BCUT2D eigenvalue weighted by Crippen LogP contribution is 2.52. The van der Waals surface area contributed by atoms with Crippen LogP contribution in [-0.2, 0) is 0 Å². The Kier molecular flexibility index (Phi) is 4.09. The third-order valence-electron chi connectivity index (χ3n) is 5.92. The largest absolute Gasteiger partial charge is 0.490 e. The van der Waals surface area contributed by atoms with Gasteiger partial charge in [-0.1, -0.05) is 48.9 Å². The molecule has 0 radical (unpaired) electrons. The number of hydrogen-bond donors (Lipinski definition) is 1. The molecule has 0 bridgehead atoms. The van der Waals surface area contributed by atoms with Crippen molar-refractivity contribution in [2.45, 2.75) is 50.8 Å². The summed E-state index contributed by atoms with van der Waals surface area (Å²) in [5.74, 6) is 1.79. The van der Waals surface area contributed by atoms with Gasteiger partial charge in [-0.2, -0.15) is 5.01 Å². The highest BCUT2D eigenvalue weighted by molar-refractivity contribution is 5.68. The molecule has 3 aliphatic rings. The molecular formula is C23H26N2O2. The summed E-state index contributed by atoms with van der Waals surface area (Å²) in [7, 11) is 0. The molecule has 2 aromatic carbocycles. The van der Waals surface area contributed by atoms with E-state index >= 15 is 0 Å². The van der Waals surface area contributed by atoms with Gasteiger partial charge in [-0.25, -0.2) is 0 Å². The average Bonchev–Trinajstić information content (AvgIpc) is 3.17. The van der Waals surface area contributed by atoms with Crippen LogP contribution in [0.4, 0.5) is 0 Å². The Hall–Kier alpha value is -2.46. The van der Waals surface area contributed by atoms with Crippen LogP contribution in [0, 0.1) is 0 Å². The summed E-state index contributed by atoms with van der Waals surface area (Å²) in [5, 5.41) is 2.35. The average molecular weight is 362 g/mol. The van der Waals surface area contributed by atoms with Crippen LogP contribution in [0.25, 0.3) is 5.70 Å². The van der Waals surface area contributed by atoms with Crippen molar-refractivity contribution in [1.29, 1.82) is 0 Å². The molecule has 4 heteroatoms. The first kappa shape index (κ1) is 16.7. The summed E-state index contributed by atoms with van der Waals surface area (Å²) in [5.41, 5.74) is 6.92. The monoisotopic (exact) mass is 362 g/mol. The molecule has 2 heterocycles. The van der Waals surface area contributed by atoms with Crippen LogP contribution in [0.2, 0.25) is 0 Å². The number of hydrazine groups is 1. The Morgan fingerprint density at radius 1 is 1.07 bits per heavy atom. The molecule has 4 nitrogen and oxygen atoms in total. The van der Waals surface area contributed by atoms with E-state index in [4.69, 9.17) is 9.47 Å². The fourth-order valence-electron chi connectivity index (χ4n) is 4.66. The van der Waals surface area contributed by atoms with Gasteiger partial charge in [0, 0.05) is 18.4 Å². The topological polar surface area (TPSA) is 33.7 Å². The molecule has 140 valence electrons. The van der Waals surface area contributed by atoms with Crippen LogP contribution in [0.3, 0.4) is 0 Å². The standard InChI is InChI=1S/C23H26N2O2/c1-2-26-21-13-9-12-18-20-16-19(17-10-5-3-6-11-17)24-25(20)23(27-22(18)21)14-7-4-8-15-23/h3,5-6,9-13,16,20,24H,2,4,7-8,14-15H2,1H3/t20-/m0/s1. The lowest BCUT2D eigenvalue weighted by Gasteiger charge is -2.50. The molecule has 0 unspecified atom stereocenters. The predicted octanol–water partition coefficient (Wildman–Crippen LogP) is 5.04. The Morgan fingerprint density at radius 2 is 1.89 bits per heavy atom. The maximum Gasteiger partial charge on any atom is 0.180 e. The van der Waals surface area contributed by atoms with Gasteiger partial charge in [-0.05, 0) is 37.5 Å². The van der Waals surface area contributed by atoms with E-state index < -0.39 is 0 Å². The number of para-hydroxylation sites is 1. The van der Waals surface area contributed by atoms with Gasteiger partial charge in [0.2, 0.25) is 0 Å². The minimum Gasteiger partial charge on any atom is -0.490 e. The fraction of sp³-hybridized carbons (Fsp3) is 0.391. The van der Waals surface area contributed by atoms with Gasteiger partial charge in [0.1, 0.15) is 0 Å². The first-order valence-corrected chi connectivity index (χ1v) is 10.1. The van der Waals surface area contributed by atoms with Crippen LogP contribution >= 0.6 is 0 Å². The second kappa shape index (κ2) is 6.61. The van der Waals surface area contributed by atoms with E-state index in [2.05, 4.69) is 59.0 Å². The van der Waals surface area contributed by atoms with Gasteiger partial charge < -0.3 is 14.9 Å². The van der Waals surface area contributed by atoms with Crippen LogP contribution in [0.5, 0.6) is 11.5 Å². The molecule has 1 N–H and O–H groups in total. The van der Waals surface area contributed by atoms with Crippen molar-refractivity contribution >= 4 is 5.70 Å². The van der Waals surface area contributed by atoms with Crippen LogP contribution in [0.1, 0.15) is 56.2 Å². The molecule has 1 spiro atoms. The van der Waals surface area contributed by atoms with Gasteiger partial charge in [0.25, 0.3) is 0 Å². The molecule has 0 saturated heterocycles. The van der Waals surface area contributed by atoms with Gasteiger partial charge >= 0.3 is 0 Å². The molecule has 1 fully saturated rings. The van der Waals surface area contributed by atoms with Gasteiger partial charge in [-0.3, -0.25) is 0 Å². The Labute approximate surface area is 160 Å². The third-order valence-corrected chi connectivity index (χ3v) is 5.92. The van der Waals surface area contributed by atoms with Crippen LogP contribution < -0.4 is 14.9 Å². The molecule has 0 aromatic heterocycles. The van der Waals surface area contributed by atoms with Gasteiger partial charge in [0.15, 0.2) is 17.2 Å². The number of nitrogens with zero attached hydrogens (tertiary/aromatic N) is 1. The maximum atomic E-state index is 6.75. The first-order chi connectivity index (χ1) is 13.3. The number of ether oxygens (including phenoxy) is 2. The van der Waals surface area contributed by atoms with E-state index in [1.54, 1.807) is 0 Å². The number of fused-ring (bicyclic) bond motifs is 4. The summed E-state index contributed by atoms with van der Waals surface area (Å²) in [6, 6.07) is 17.0. The number of benzene rings is 2. The normalized spacial score (nSPS) is 23.0. The van der Waals surface area contributed by atoms with E-state index in [9.17, 15) is 0 Å². The molecule has 5 rings (SSSR count). The number of hydrogen-bond acceptors (Lipinski definition) is 4. The quantitative estimate of drug-likeness (QED) is 0.829. The molecular weight excluding hydrogens is 336 g/mol. The lowest BCUT2D eigenvalue weighted by Crippen LogP contribution is -2.60. The molecule has 2 aliphatic heterocycles. The predicted molar refractivity (Wildman–Crippen MR) is 106 cm³/mol. The van der Waals surface area contributed by atoms with E-state index in [0.717, 1.165) is 30.0 Å². The highest BCUT2D eigenvalue weighted by atomic mass is 16.6. The van der Waals surface area contributed by atoms with E-state index in [1.165, 1.54) is 30.4 Å². The number of rotatable bonds is 3. The van der Waals surface area contributed by atoms with Gasteiger partial charge in [0.05, 0.1) is 18.3 Å². The SMILES string of the molecule is CCOc1cccc2c1OC1(CCCCC1)N1NC(c3ccccc3)=C[C@@H]21. The molecule has 1 atom stereocenters. The van der Waals surface area contributed by atoms with E-state index in [1.807, 2.05) is 13.0 Å². The zero-order valence-corrected chi connectivity index (χ0v) is 15.8. The van der Waals surface area contributed by atoms with Crippen molar-refractivity contribution in [3.8, 4) is 11.5 Å². The van der Waals surface area contributed by atoms with E-state index in [0.29, 0.717) is 6.61 Å². The minimum atomic E-state index is -0.309. The summed E-state index contributed by atoms with van der Waals surface area (Å²) in [4.78, 5) is 0. The molecule has 1 aliphatic carbocycles. The maximum absolute atomic E-state index is 6.75. The number of nitrogens with one attached hydrogen (secondary N) is 1. The van der Waals surface area contributed by atoms with Crippen molar-refractivity contribution in [2.75, 3.05) is 6.61 Å². The lowest BCUT2D eigenvalue weighted by atomic mass is 9.87. The molecule has 1 saturated carbocycles. The molecule has 27 heavy (non-hydrogen) atoms. The smallest absolute Gasteiger partial charge is 0.180 e.